The molecule has 2 rings (SSSR count). The van der Waals surface area contributed by atoms with E-state index in [-0.39, 0.29) is 0 Å². The Balaban J connectivity index is 2.23. The number of benzene rings is 1. The minimum atomic E-state index is -3.54. The van der Waals surface area contributed by atoms with Gasteiger partial charge in [0.2, 0.25) is 0 Å². The van der Waals surface area contributed by atoms with E-state index in [9.17, 15) is 13.6 Å². The molecule has 0 fully saturated rings. The molecule has 1 aromatic heterocycles. The van der Waals surface area contributed by atoms with E-state index >= 15 is 0 Å². The third-order valence-corrected chi connectivity index (χ3v) is 4.84. The summed E-state index contributed by atoms with van der Waals surface area (Å²) in [7, 11) is 0.939. The average molecular weight is 402 g/mol. The first kappa shape index (κ1) is 20.5. The molecule has 1 heterocycles. The first-order chi connectivity index (χ1) is 12.2. The van der Waals surface area contributed by atoms with Crippen molar-refractivity contribution in [3.05, 3.63) is 62.9 Å². The maximum Gasteiger partial charge on any atom is 0.377 e. The molecule has 26 heavy (non-hydrogen) atoms. The lowest BCUT2D eigenvalue weighted by molar-refractivity contribution is -0.168. The number of aryl methyl sites for hydroxylation is 1. The van der Waals surface area contributed by atoms with Crippen LogP contribution >= 0.6 is 23.2 Å². The van der Waals surface area contributed by atoms with Crippen molar-refractivity contribution in [2.24, 2.45) is 0 Å². The highest BCUT2D eigenvalue weighted by atomic mass is 35.5. The summed E-state index contributed by atoms with van der Waals surface area (Å²) in [5.41, 5.74) is 3.41. The van der Waals surface area contributed by atoms with Gasteiger partial charge >= 0.3 is 11.9 Å². The van der Waals surface area contributed by atoms with Crippen LogP contribution in [-0.4, -0.2) is 23.6 Å². The molecule has 0 radical (unpaired) electrons. The van der Waals surface area contributed by atoms with E-state index in [0.717, 1.165) is 29.5 Å². The van der Waals surface area contributed by atoms with E-state index in [0.29, 0.717) is 16.6 Å². The van der Waals surface area contributed by atoms with Crippen molar-refractivity contribution in [3.8, 4) is 0 Å². The number of halogens is 4. The molecule has 0 spiro atoms. The van der Waals surface area contributed by atoms with Crippen LogP contribution in [0.3, 0.4) is 0 Å². The van der Waals surface area contributed by atoms with Gasteiger partial charge in [0.25, 0.3) is 0 Å². The Bertz CT molecular complexity index is 824. The van der Waals surface area contributed by atoms with E-state index in [4.69, 9.17) is 23.2 Å². The Morgan fingerprint density at radius 2 is 1.88 bits per heavy atom. The molecule has 0 amide bonds. The number of carbonyl (C=O) groups excluding carboxylic acids is 1. The molecular weight excluding hydrogens is 383 g/mol. The van der Waals surface area contributed by atoms with Crippen molar-refractivity contribution >= 4 is 35.2 Å². The van der Waals surface area contributed by atoms with E-state index in [1.54, 1.807) is 24.3 Å². The lowest BCUT2D eigenvalue weighted by atomic mass is 10.1. The number of nitrogens with zero attached hydrogens (tertiary/aromatic N) is 1. The van der Waals surface area contributed by atoms with Gasteiger partial charge in [0, 0.05) is 33.9 Å². The van der Waals surface area contributed by atoms with Crippen molar-refractivity contribution in [2.45, 2.75) is 32.7 Å². The Morgan fingerprint density at radius 3 is 2.46 bits per heavy atom. The van der Waals surface area contributed by atoms with Gasteiger partial charge in [-0.05, 0) is 37.1 Å². The van der Waals surface area contributed by atoms with Crippen LogP contribution in [0.25, 0.3) is 6.08 Å². The molecular formula is C19H19Cl2F2NO2. The molecule has 0 unspecified atom stereocenters. The van der Waals surface area contributed by atoms with Gasteiger partial charge in [0.1, 0.15) is 0 Å². The summed E-state index contributed by atoms with van der Waals surface area (Å²) in [6, 6.07) is 5.31. The lowest BCUT2D eigenvalue weighted by Crippen LogP contribution is -2.28. The highest BCUT2D eigenvalue weighted by Gasteiger charge is 2.38. The number of esters is 1. The third kappa shape index (κ3) is 4.46. The van der Waals surface area contributed by atoms with Gasteiger partial charge in [0.15, 0.2) is 0 Å². The summed E-state index contributed by atoms with van der Waals surface area (Å²) >= 11 is 12.4. The molecule has 0 aliphatic rings. The van der Waals surface area contributed by atoms with E-state index in [1.807, 2.05) is 24.6 Å². The number of hydrogen-bond acceptors (Lipinski definition) is 2. The van der Waals surface area contributed by atoms with Crippen LogP contribution in [-0.2, 0) is 16.1 Å². The fourth-order valence-electron chi connectivity index (χ4n) is 2.67. The normalized spacial score (nSPS) is 12.0. The second-order valence-corrected chi connectivity index (χ2v) is 6.76. The third-order valence-electron chi connectivity index (χ3n) is 4.13. The largest absolute Gasteiger partial charge is 0.465 e. The monoisotopic (exact) mass is 401 g/mol. The zero-order valence-corrected chi connectivity index (χ0v) is 16.2. The summed E-state index contributed by atoms with van der Waals surface area (Å²) in [5.74, 6) is -5.08. The Morgan fingerprint density at radius 1 is 1.27 bits per heavy atom. The maximum absolute atomic E-state index is 13.5. The molecule has 0 saturated carbocycles. The minimum absolute atomic E-state index is 0.470. The van der Waals surface area contributed by atoms with E-state index in [1.165, 1.54) is 6.08 Å². The van der Waals surface area contributed by atoms with E-state index in [2.05, 4.69) is 4.74 Å². The maximum atomic E-state index is 13.5. The number of aromatic nitrogens is 1. The molecule has 0 aliphatic heterocycles. The minimum Gasteiger partial charge on any atom is -0.465 e. The highest BCUT2D eigenvalue weighted by molar-refractivity contribution is 6.35. The van der Waals surface area contributed by atoms with Crippen LogP contribution in [0, 0.1) is 13.8 Å². The number of carbonyl (C=O) groups is 1. The summed E-state index contributed by atoms with van der Waals surface area (Å²) in [6.45, 7) is 4.24. The molecule has 2 aromatic rings. The average Bonchev–Trinajstić information content (AvgIpc) is 2.84. The first-order valence-electron chi connectivity index (χ1n) is 7.89. The van der Waals surface area contributed by atoms with Crippen molar-refractivity contribution in [3.63, 3.8) is 0 Å². The van der Waals surface area contributed by atoms with Gasteiger partial charge < -0.3 is 9.30 Å². The number of hydrogen-bond donors (Lipinski definition) is 0. The fraction of sp³-hybridized carbons (Fsp3) is 0.316. The van der Waals surface area contributed by atoms with Crippen LogP contribution in [0.2, 0.25) is 10.0 Å². The molecule has 3 nitrogen and oxygen atoms in total. The Labute approximate surface area is 161 Å². The summed E-state index contributed by atoms with van der Waals surface area (Å²) in [5, 5.41) is 1.14. The summed E-state index contributed by atoms with van der Waals surface area (Å²) < 4.78 is 33.2. The number of rotatable bonds is 6. The molecule has 140 valence electrons. The number of allylic oxidation sites excluding steroid dienone is 1. The lowest BCUT2D eigenvalue weighted by Gasteiger charge is -2.11. The van der Waals surface area contributed by atoms with Crippen molar-refractivity contribution in [2.75, 3.05) is 7.11 Å². The first-order valence-corrected chi connectivity index (χ1v) is 8.65. The predicted molar refractivity (Wildman–Crippen MR) is 100 cm³/mol. The molecule has 0 atom stereocenters. The van der Waals surface area contributed by atoms with Gasteiger partial charge in [-0.15, -0.1) is 0 Å². The number of alkyl halides is 2. The summed E-state index contributed by atoms with van der Waals surface area (Å²) in [4.78, 5) is 11.0. The second-order valence-electron chi connectivity index (χ2n) is 5.94. The quantitative estimate of drug-likeness (QED) is 0.583. The van der Waals surface area contributed by atoms with Crippen molar-refractivity contribution in [1.29, 1.82) is 0 Å². The van der Waals surface area contributed by atoms with Gasteiger partial charge in [-0.25, -0.2) is 4.79 Å². The van der Waals surface area contributed by atoms with Crippen molar-refractivity contribution < 1.29 is 18.3 Å². The Kier molecular flexibility index (Phi) is 6.48. The topological polar surface area (TPSA) is 31.2 Å². The zero-order chi connectivity index (χ0) is 19.5. The van der Waals surface area contributed by atoms with Crippen LogP contribution in [0.5, 0.6) is 0 Å². The smallest absolute Gasteiger partial charge is 0.377 e. The predicted octanol–water partition coefficient (Wildman–Crippen LogP) is 5.67. The fourth-order valence-corrected chi connectivity index (χ4v) is 3.18. The number of ether oxygens (including phenoxy) is 1. The van der Waals surface area contributed by atoms with Crippen LogP contribution < -0.4 is 0 Å². The molecule has 0 saturated heterocycles. The van der Waals surface area contributed by atoms with Gasteiger partial charge in [-0.3, -0.25) is 0 Å². The summed E-state index contributed by atoms with van der Waals surface area (Å²) in [6.07, 6.45) is 4.05. The van der Waals surface area contributed by atoms with Crippen LogP contribution in [0.15, 0.2) is 30.5 Å². The van der Waals surface area contributed by atoms with Gasteiger partial charge in [-0.2, -0.15) is 8.78 Å². The van der Waals surface area contributed by atoms with Crippen LogP contribution in [0.4, 0.5) is 8.78 Å². The molecule has 0 aliphatic carbocycles. The van der Waals surface area contributed by atoms with Crippen molar-refractivity contribution in [1.82, 2.24) is 4.57 Å². The standard InChI is InChI=1S/C19H19Cl2F2NO2/c1-12-10-24(11-15-16(20)7-4-8-17(15)21)13(2)14(12)6-5-9-19(22,23)18(25)26-3/h4-8,10H,9,11H2,1-3H3/b6-5-. The number of methoxy groups -OCH3 is 1. The van der Waals surface area contributed by atoms with Crippen LogP contribution in [0.1, 0.15) is 28.8 Å². The SMILES string of the molecule is COC(=O)C(F)(F)C/C=C\c1c(C)cn(Cc2c(Cl)cccc2Cl)c1C. The second kappa shape index (κ2) is 8.23. The molecule has 0 N–H and O–H groups in total. The van der Waals surface area contributed by atoms with Gasteiger partial charge in [0.05, 0.1) is 13.7 Å². The molecule has 7 heteroatoms. The highest BCUT2D eigenvalue weighted by Crippen LogP contribution is 2.28. The van der Waals surface area contributed by atoms with Gasteiger partial charge in [-0.1, -0.05) is 41.4 Å². The Hall–Kier alpha value is -1.85. The molecule has 0 bridgehead atoms. The van der Waals surface area contributed by atoms with E-state index < -0.39 is 18.3 Å². The zero-order valence-electron chi connectivity index (χ0n) is 14.7. The molecule has 1 aromatic carbocycles.